The summed E-state index contributed by atoms with van der Waals surface area (Å²) in [7, 11) is -0.424. The molecule has 2 N–H and O–H groups in total. The number of rotatable bonds is 4. The van der Waals surface area contributed by atoms with Crippen LogP contribution < -0.4 is 10.8 Å². The summed E-state index contributed by atoms with van der Waals surface area (Å²) in [4.78, 5) is 8.95. The van der Waals surface area contributed by atoms with Crippen molar-refractivity contribution < 1.29 is 14.4 Å². The van der Waals surface area contributed by atoms with Gasteiger partial charge in [0.05, 0.1) is 17.8 Å². The molecule has 1 saturated heterocycles. The Bertz CT molecular complexity index is 1050. The van der Waals surface area contributed by atoms with E-state index in [9.17, 15) is 5.11 Å². The van der Waals surface area contributed by atoms with Crippen LogP contribution in [0.5, 0.6) is 0 Å². The van der Waals surface area contributed by atoms with Crippen LogP contribution in [-0.2, 0) is 15.9 Å². The van der Waals surface area contributed by atoms with Crippen LogP contribution in [0.3, 0.4) is 0 Å². The van der Waals surface area contributed by atoms with E-state index in [4.69, 9.17) is 9.31 Å². The topological polar surface area (TPSA) is 76.5 Å². The average Bonchev–Trinajstić information content (AvgIpc) is 2.90. The highest BCUT2D eigenvalue weighted by molar-refractivity contribution is 6.62. The maximum Gasteiger partial charge on any atom is 0.495 e. The Labute approximate surface area is 171 Å². The number of aliphatic hydroxyl groups excluding tert-OH is 1. The summed E-state index contributed by atoms with van der Waals surface area (Å²) in [6, 6.07) is 9.83. The van der Waals surface area contributed by atoms with Crippen molar-refractivity contribution in [1.29, 1.82) is 0 Å². The molecule has 6 nitrogen and oxygen atoms in total. The van der Waals surface area contributed by atoms with Gasteiger partial charge in [0, 0.05) is 23.5 Å². The molecule has 4 rings (SSSR count). The molecule has 0 spiro atoms. The highest BCUT2D eigenvalue weighted by atomic mass is 16.7. The fourth-order valence-corrected chi connectivity index (χ4v) is 3.43. The number of anilines is 2. The SMILES string of the molecule is Cc1c(Nc2nccc3cc(CO)cnc23)cccc1B1OC(C)(C)C(C)(C)O1. The Balaban J connectivity index is 1.68. The van der Waals surface area contributed by atoms with Gasteiger partial charge in [0.25, 0.3) is 0 Å². The summed E-state index contributed by atoms with van der Waals surface area (Å²) < 4.78 is 12.5. The van der Waals surface area contributed by atoms with Gasteiger partial charge in [0.1, 0.15) is 5.52 Å². The Hall–Kier alpha value is -2.48. The van der Waals surface area contributed by atoms with Gasteiger partial charge in [0.15, 0.2) is 5.82 Å². The van der Waals surface area contributed by atoms with E-state index in [2.05, 4.69) is 43.0 Å². The highest BCUT2D eigenvalue weighted by Crippen LogP contribution is 2.37. The second kappa shape index (κ2) is 7.09. The van der Waals surface area contributed by atoms with Crippen LogP contribution in [0.4, 0.5) is 11.5 Å². The van der Waals surface area contributed by atoms with Gasteiger partial charge in [-0.2, -0.15) is 0 Å². The van der Waals surface area contributed by atoms with Crippen molar-refractivity contribution in [1.82, 2.24) is 9.97 Å². The summed E-state index contributed by atoms with van der Waals surface area (Å²) >= 11 is 0. The molecular formula is C22H26BN3O3. The van der Waals surface area contributed by atoms with Gasteiger partial charge in [-0.1, -0.05) is 12.1 Å². The lowest BCUT2D eigenvalue weighted by atomic mass is 9.76. The van der Waals surface area contributed by atoms with Gasteiger partial charge >= 0.3 is 7.12 Å². The van der Waals surface area contributed by atoms with Gasteiger partial charge < -0.3 is 19.7 Å². The van der Waals surface area contributed by atoms with Gasteiger partial charge in [0.2, 0.25) is 0 Å². The molecule has 0 unspecified atom stereocenters. The number of benzene rings is 1. The minimum Gasteiger partial charge on any atom is -0.399 e. The fraction of sp³-hybridized carbons (Fsp3) is 0.364. The number of aliphatic hydroxyl groups is 1. The maximum atomic E-state index is 9.35. The highest BCUT2D eigenvalue weighted by Gasteiger charge is 2.52. The third-order valence-corrected chi connectivity index (χ3v) is 5.97. The van der Waals surface area contributed by atoms with Crippen molar-refractivity contribution in [3.8, 4) is 0 Å². The maximum absolute atomic E-state index is 9.35. The van der Waals surface area contributed by atoms with Crippen molar-refractivity contribution in [2.45, 2.75) is 52.4 Å². The van der Waals surface area contributed by atoms with Crippen LogP contribution in [0.1, 0.15) is 38.8 Å². The van der Waals surface area contributed by atoms with Gasteiger partial charge in [-0.15, -0.1) is 0 Å². The molecule has 0 radical (unpaired) electrons. The van der Waals surface area contributed by atoms with E-state index >= 15 is 0 Å². The second-order valence-corrected chi connectivity index (χ2v) is 8.47. The van der Waals surface area contributed by atoms with Gasteiger partial charge in [-0.3, -0.25) is 4.98 Å². The van der Waals surface area contributed by atoms with Crippen molar-refractivity contribution >= 4 is 35.0 Å². The monoisotopic (exact) mass is 391 g/mol. The van der Waals surface area contributed by atoms with E-state index in [1.54, 1.807) is 12.4 Å². The molecule has 2 aromatic heterocycles. The molecule has 0 aliphatic carbocycles. The van der Waals surface area contributed by atoms with E-state index in [-0.39, 0.29) is 17.8 Å². The quantitative estimate of drug-likeness (QED) is 0.664. The zero-order valence-electron chi connectivity index (χ0n) is 17.5. The van der Waals surface area contributed by atoms with Crippen molar-refractivity contribution in [2.24, 2.45) is 0 Å². The standard InChI is InChI=1S/C22H26BN3O3/c1-14-17(23-28-21(2,3)22(4,5)29-23)7-6-8-18(14)26-20-19-16(9-10-24-20)11-15(13-27)12-25-19/h6-12,27H,13H2,1-5H3,(H,24,26). The lowest BCUT2D eigenvalue weighted by molar-refractivity contribution is 0.00578. The summed E-state index contributed by atoms with van der Waals surface area (Å²) in [5.41, 5.74) is 3.70. The number of hydrogen-bond acceptors (Lipinski definition) is 6. The van der Waals surface area contributed by atoms with Gasteiger partial charge in [-0.05, 0) is 69.4 Å². The van der Waals surface area contributed by atoms with Gasteiger partial charge in [-0.25, -0.2) is 4.98 Å². The molecule has 1 aromatic carbocycles. The lowest BCUT2D eigenvalue weighted by Gasteiger charge is -2.32. The van der Waals surface area contributed by atoms with Crippen LogP contribution in [0.2, 0.25) is 0 Å². The summed E-state index contributed by atoms with van der Waals surface area (Å²) in [5, 5.41) is 13.7. The third-order valence-electron chi connectivity index (χ3n) is 5.97. The molecule has 0 saturated carbocycles. The Morgan fingerprint density at radius 2 is 1.79 bits per heavy atom. The smallest absolute Gasteiger partial charge is 0.399 e. The normalized spacial score (nSPS) is 17.7. The largest absolute Gasteiger partial charge is 0.495 e. The molecule has 3 aromatic rings. The van der Waals surface area contributed by atoms with E-state index in [0.29, 0.717) is 5.82 Å². The number of hydrogen-bond donors (Lipinski definition) is 2. The fourth-order valence-electron chi connectivity index (χ4n) is 3.43. The van der Waals surface area contributed by atoms with E-state index in [0.717, 1.165) is 33.2 Å². The second-order valence-electron chi connectivity index (χ2n) is 8.47. The molecule has 1 fully saturated rings. The van der Waals surface area contributed by atoms with E-state index in [1.807, 2.05) is 37.3 Å². The minimum atomic E-state index is -0.424. The molecule has 3 heterocycles. The molecule has 0 amide bonds. The van der Waals surface area contributed by atoms with Crippen molar-refractivity contribution in [3.05, 3.63) is 53.9 Å². The zero-order valence-corrected chi connectivity index (χ0v) is 17.5. The van der Waals surface area contributed by atoms with E-state index in [1.165, 1.54) is 0 Å². The minimum absolute atomic E-state index is 0.0384. The summed E-state index contributed by atoms with van der Waals surface area (Å²) in [5.74, 6) is 0.668. The van der Waals surface area contributed by atoms with Crippen LogP contribution >= 0.6 is 0 Å². The molecule has 7 heteroatoms. The molecular weight excluding hydrogens is 365 g/mol. The number of aromatic nitrogens is 2. The molecule has 29 heavy (non-hydrogen) atoms. The first-order valence-corrected chi connectivity index (χ1v) is 9.78. The lowest BCUT2D eigenvalue weighted by Crippen LogP contribution is -2.41. The van der Waals surface area contributed by atoms with Crippen LogP contribution in [0.15, 0.2) is 42.7 Å². The van der Waals surface area contributed by atoms with Crippen molar-refractivity contribution in [3.63, 3.8) is 0 Å². The Morgan fingerprint density at radius 3 is 2.48 bits per heavy atom. The average molecular weight is 391 g/mol. The third kappa shape index (κ3) is 3.50. The predicted octanol–water partition coefficient (Wildman–Crippen LogP) is 3.47. The predicted molar refractivity (Wildman–Crippen MR) is 116 cm³/mol. The Kier molecular flexibility index (Phi) is 4.85. The zero-order chi connectivity index (χ0) is 20.8. The number of nitrogens with zero attached hydrogens (tertiary/aromatic N) is 2. The Morgan fingerprint density at radius 1 is 1.07 bits per heavy atom. The molecule has 1 aliphatic heterocycles. The first-order valence-electron chi connectivity index (χ1n) is 9.78. The number of fused-ring (bicyclic) bond motifs is 1. The van der Waals surface area contributed by atoms with E-state index < -0.39 is 7.12 Å². The van der Waals surface area contributed by atoms with Crippen LogP contribution in [0, 0.1) is 6.92 Å². The first-order chi connectivity index (χ1) is 13.7. The number of nitrogens with one attached hydrogen (secondary N) is 1. The molecule has 0 atom stereocenters. The molecule has 1 aliphatic rings. The summed E-state index contributed by atoms with van der Waals surface area (Å²) in [6.07, 6.45) is 3.41. The van der Waals surface area contributed by atoms with Crippen LogP contribution in [0.25, 0.3) is 10.9 Å². The number of pyridine rings is 2. The van der Waals surface area contributed by atoms with Crippen molar-refractivity contribution in [2.75, 3.05) is 5.32 Å². The molecule has 150 valence electrons. The first kappa shape index (κ1) is 19.8. The van der Waals surface area contributed by atoms with Crippen LogP contribution in [-0.4, -0.2) is 33.4 Å². The molecule has 0 bridgehead atoms. The summed E-state index contributed by atoms with van der Waals surface area (Å²) in [6.45, 7) is 10.2.